The number of likely N-dealkylation sites (tertiary alicyclic amines) is 1. The number of benzene rings is 1. The summed E-state index contributed by atoms with van der Waals surface area (Å²) in [5.41, 5.74) is 0.0573. The smallest absolute Gasteiger partial charge is 0.257 e. The van der Waals surface area contributed by atoms with Gasteiger partial charge in [0.2, 0.25) is 5.91 Å². The molecule has 24 heavy (non-hydrogen) atoms. The number of methoxy groups -OCH3 is 2. The summed E-state index contributed by atoms with van der Waals surface area (Å²) in [5, 5.41) is 1.31. The third kappa shape index (κ3) is 2.91. The normalized spacial score (nSPS) is 19.7. The lowest BCUT2D eigenvalue weighted by Gasteiger charge is -2.37. The second-order valence-corrected chi connectivity index (χ2v) is 6.20. The highest BCUT2D eigenvalue weighted by atomic mass is 16.7. The molecule has 3 rings (SSSR count). The van der Waals surface area contributed by atoms with Crippen molar-refractivity contribution in [3.63, 3.8) is 0 Å². The summed E-state index contributed by atoms with van der Waals surface area (Å²) in [6.45, 7) is 1.10. The summed E-state index contributed by atoms with van der Waals surface area (Å²) in [5.74, 6) is 1.04. The van der Waals surface area contributed by atoms with E-state index in [9.17, 15) is 9.59 Å². The molecule has 2 amide bonds. The SMILES string of the molecule is COc1ccc(C(=O)N2CCC3(CC2)CC(=O)N(C)O3)c(OC)c1. The van der Waals surface area contributed by atoms with Crippen molar-refractivity contribution in [1.29, 1.82) is 0 Å². The first-order valence-corrected chi connectivity index (χ1v) is 7.95. The summed E-state index contributed by atoms with van der Waals surface area (Å²) in [6.07, 6.45) is 1.68. The van der Waals surface area contributed by atoms with Crippen LogP contribution in [-0.4, -0.2) is 61.7 Å². The van der Waals surface area contributed by atoms with Gasteiger partial charge in [0.1, 0.15) is 17.1 Å². The van der Waals surface area contributed by atoms with Gasteiger partial charge in [-0.15, -0.1) is 0 Å². The number of piperidine rings is 1. The number of carbonyl (C=O) groups excluding carboxylic acids is 2. The predicted octanol–water partition coefficient (Wildman–Crippen LogP) is 1.47. The van der Waals surface area contributed by atoms with E-state index >= 15 is 0 Å². The van der Waals surface area contributed by atoms with Crippen LogP contribution in [-0.2, 0) is 9.63 Å². The lowest BCUT2D eigenvalue weighted by Crippen LogP contribution is -2.47. The third-order valence-corrected chi connectivity index (χ3v) is 4.76. The number of hydrogen-bond acceptors (Lipinski definition) is 5. The van der Waals surface area contributed by atoms with Crippen LogP contribution < -0.4 is 9.47 Å². The van der Waals surface area contributed by atoms with E-state index in [2.05, 4.69) is 0 Å². The molecule has 0 N–H and O–H groups in total. The van der Waals surface area contributed by atoms with Gasteiger partial charge >= 0.3 is 0 Å². The highest BCUT2D eigenvalue weighted by molar-refractivity contribution is 5.97. The summed E-state index contributed by atoms with van der Waals surface area (Å²) in [6, 6.07) is 5.16. The van der Waals surface area contributed by atoms with Crippen molar-refractivity contribution in [2.45, 2.75) is 24.9 Å². The maximum atomic E-state index is 12.8. The Hall–Kier alpha value is -2.28. The van der Waals surface area contributed by atoms with E-state index in [1.165, 1.54) is 12.2 Å². The molecule has 2 fully saturated rings. The van der Waals surface area contributed by atoms with Crippen LogP contribution in [0.2, 0.25) is 0 Å². The molecule has 0 atom stereocenters. The Labute approximate surface area is 141 Å². The largest absolute Gasteiger partial charge is 0.497 e. The van der Waals surface area contributed by atoms with Gasteiger partial charge in [0.05, 0.1) is 26.2 Å². The van der Waals surface area contributed by atoms with Crippen LogP contribution in [0.5, 0.6) is 11.5 Å². The molecule has 0 unspecified atom stereocenters. The quantitative estimate of drug-likeness (QED) is 0.837. The van der Waals surface area contributed by atoms with E-state index in [0.717, 1.165) is 0 Å². The van der Waals surface area contributed by atoms with E-state index in [4.69, 9.17) is 14.3 Å². The van der Waals surface area contributed by atoms with Crippen LogP contribution in [0.15, 0.2) is 18.2 Å². The second kappa shape index (κ2) is 6.32. The van der Waals surface area contributed by atoms with Crippen molar-refractivity contribution in [2.24, 2.45) is 0 Å². The minimum Gasteiger partial charge on any atom is -0.497 e. The summed E-state index contributed by atoms with van der Waals surface area (Å²) in [4.78, 5) is 32.0. The molecule has 7 nitrogen and oxygen atoms in total. The van der Waals surface area contributed by atoms with E-state index in [1.807, 2.05) is 0 Å². The topological polar surface area (TPSA) is 68.3 Å². The van der Waals surface area contributed by atoms with Gasteiger partial charge in [-0.2, -0.15) is 0 Å². The molecule has 2 aliphatic rings. The van der Waals surface area contributed by atoms with E-state index in [-0.39, 0.29) is 11.8 Å². The Kier molecular flexibility index (Phi) is 4.36. The van der Waals surface area contributed by atoms with E-state index < -0.39 is 5.60 Å². The second-order valence-electron chi connectivity index (χ2n) is 6.20. The van der Waals surface area contributed by atoms with Crippen molar-refractivity contribution in [2.75, 3.05) is 34.4 Å². The van der Waals surface area contributed by atoms with Crippen molar-refractivity contribution in [1.82, 2.24) is 9.96 Å². The molecular weight excluding hydrogens is 312 g/mol. The number of carbonyl (C=O) groups is 2. The fourth-order valence-corrected chi connectivity index (χ4v) is 3.29. The number of hydroxylamine groups is 2. The van der Waals surface area contributed by atoms with Crippen LogP contribution in [0, 0.1) is 0 Å². The van der Waals surface area contributed by atoms with Gasteiger partial charge in [0.25, 0.3) is 5.91 Å². The zero-order valence-corrected chi connectivity index (χ0v) is 14.2. The number of amides is 2. The molecule has 1 spiro atoms. The maximum absolute atomic E-state index is 12.8. The van der Waals surface area contributed by atoms with Crippen LogP contribution in [0.1, 0.15) is 29.6 Å². The Morgan fingerprint density at radius 3 is 2.46 bits per heavy atom. The van der Waals surface area contributed by atoms with Gasteiger partial charge in [-0.25, -0.2) is 5.06 Å². The molecule has 7 heteroatoms. The Balaban J connectivity index is 1.71. The Morgan fingerprint density at radius 1 is 1.21 bits per heavy atom. The molecule has 1 aromatic rings. The van der Waals surface area contributed by atoms with E-state index in [0.29, 0.717) is 49.4 Å². The lowest BCUT2D eigenvalue weighted by atomic mass is 9.88. The van der Waals surface area contributed by atoms with Crippen molar-refractivity contribution in [3.8, 4) is 11.5 Å². The first-order chi connectivity index (χ1) is 11.5. The van der Waals surface area contributed by atoms with Gasteiger partial charge in [0.15, 0.2) is 0 Å². The highest BCUT2D eigenvalue weighted by Crippen LogP contribution is 2.36. The monoisotopic (exact) mass is 334 g/mol. The predicted molar refractivity (Wildman–Crippen MR) is 85.9 cm³/mol. The number of rotatable bonds is 3. The lowest BCUT2D eigenvalue weighted by molar-refractivity contribution is -0.197. The van der Waals surface area contributed by atoms with Crippen molar-refractivity contribution >= 4 is 11.8 Å². The average Bonchev–Trinajstić information content (AvgIpc) is 2.87. The highest BCUT2D eigenvalue weighted by Gasteiger charge is 2.46. The molecule has 0 aliphatic carbocycles. The van der Waals surface area contributed by atoms with Crippen LogP contribution in [0.3, 0.4) is 0 Å². The summed E-state index contributed by atoms with van der Waals surface area (Å²) >= 11 is 0. The summed E-state index contributed by atoms with van der Waals surface area (Å²) in [7, 11) is 4.74. The molecule has 2 heterocycles. The minimum absolute atomic E-state index is 0.00778. The summed E-state index contributed by atoms with van der Waals surface area (Å²) < 4.78 is 10.5. The molecule has 2 aliphatic heterocycles. The Bertz CT molecular complexity index is 652. The minimum atomic E-state index is -0.452. The molecule has 130 valence electrons. The third-order valence-electron chi connectivity index (χ3n) is 4.76. The molecule has 0 saturated carbocycles. The molecule has 0 aromatic heterocycles. The maximum Gasteiger partial charge on any atom is 0.257 e. The Morgan fingerprint density at radius 2 is 1.92 bits per heavy atom. The number of nitrogens with zero attached hydrogens (tertiary/aromatic N) is 2. The number of ether oxygens (including phenoxy) is 2. The van der Waals surface area contributed by atoms with E-state index in [1.54, 1.807) is 37.3 Å². The average molecular weight is 334 g/mol. The van der Waals surface area contributed by atoms with Gasteiger partial charge < -0.3 is 14.4 Å². The van der Waals surface area contributed by atoms with Gasteiger partial charge in [-0.3, -0.25) is 14.4 Å². The zero-order valence-electron chi connectivity index (χ0n) is 14.2. The van der Waals surface area contributed by atoms with Crippen LogP contribution in [0.4, 0.5) is 0 Å². The van der Waals surface area contributed by atoms with Gasteiger partial charge in [-0.1, -0.05) is 0 Å². The molecular formula is C17H22N2O5. The van der Waals surface area contributed by atoms with Gasteiger partial charge in [0, 0.05) is 26.2 Å². The fraction of sp³-hybridized carbons (Fsp3) is 0.529. The van der Waals surface area contributed by atoms with Crippen LogP contribution in [0.25, 0.3) is 0 Å². The molecule has 0 radical (unpaired) electrons. The first kappa shape index (κ1) is 16.6. The molecule has 0 bridgehead atoms. The number of hydrogen-bond donors (Lipinski definition) is 0. The van der Waals surface area contributed by atoms with Crippen LogP contribution >= 0.6 is 0 Å². The van der Waals surface area contributed by atoms with Crippen molar-refractivity contribution in [3.05, 3.63) is 23.8 Å². The van der Waals surface area contributed by atoms with Gasteiger partial charge in [-0.05, 0) is 25.0 Å². The fourth-order valence-electron chi connectivity index (χ4n) is 3.29. The zero-order chi connectivity index (χ0) is 17.3. The van der Waals surface area contributed by atoms with Crippen molar-refractivity contribution < 1.29 is 23.9 Å². The standard InChI is InChI=1S/C17H22N2O5/c1-18-15(20)11-17(24-18)6-8-19(9-7-17)16(21)13-5-4-12(22-2)10-14(13)23-3/h4-5,10H,6-9,11H2,1-3H3. The molecule has 2 saturated heterocycles. The molecule has 1 aromatic carbocycles. The first-order valence-electron chi connectivity index (χ1n) is 7.95.